The number of carbonyl (C=O) groups excluding carboxylic acids is 1. The summed E-state index contributed by atoms with van der Waals surface area (Å²) in [6.07, 6.45) is 1.50. The zero-order valence-corrected chi connectivity index (χ0v) is 13.9. The van der Waals surface area contributed by atoms with Gasteiger partial charge in [0.2, 0.25) is 0 Å². The first kappa shape index (κ1) is 16.7. The minimum absolute atomic E-state index is 0.220. The van der Waals surface area contributed by atoms with Crippen LogP contribution in [0.3, 0.4) is 0 Å². The summed E-state index contributed by atoms with van der Waals surface area (Å²) in [5.41, 5.74) is 2.24. The van der Waals surface area contributed by atoms with Gasteiger partial charge < -0.3 is 15.4 Å². The summed E-state index contributed by atoms with van der Waals surface area (Å²) in [4.78, 5) is 20.2. The number of nitrogens with zero attached hydrogens (tertiary/aromatic N) is 2. The van der Waals surface area contributed by atoms with Gasteiger partial charge in [-0.3, -0.25) is 0 Å². The first-order chi connectivity index (χ1) is 10.9. The average Bonchev–Trinajstić information content (AvgIpc) is 2.52. The summed E-state index contributed by atoms with van der Waals surface area (Å²) >= 11 is 0. The molecule has 1 aromatic heterocycles. The van der Waals surface area contributed by atoms with Crippen LogP contribution < -0.4 is 15.4 Å². The lowest BCUT2D eigenvalue weighted by molar-refractivity contribution is 0.231. The Morgan fingerprint density at radius 3 is 2.48 bits per heavy atom. The molecule has 0 aliphatic heterocycles. The Hall–Kier alpha value is -2.63. The van der Waals surface area contributed by atoms with Crippen LogP contribution in [-0.2, 0) is 6.54 Å². The molecule has 23 heavy (non-hydrogen) atoms. The monoisotopic (exact) mass is 314 g/mol. The van der Waals surface area contributed by atoms with Gasteiger partial charge in [-0.2, -0.15) is 0 Å². The maximum Gasteiger partial charge on any atom is 0.315 e. The Bertz CT molecular complexity index is 663. The molecule has 6 heteroatoms. The maximum atomic E-state index is 11.8. The lowest BCUT2D eigenvalue weighted by Gasteiger charge is -2.20. The molecule has 0 aliphatic carbocycles. The second-order valence-electron chi connectivity index (χ2n) is 6.18. The van der Waals surface area contributed by atoms with Crippen molar-refractivity contribution in [3.63, 3.8) is 0 Å². The highest BCUT2D eigenvalue weighted by Crippen LogP contribution is 2.20. The Morgan fingerprint density at radius 2 is 1.87 bits per heavy atom. The number of benzene rings is 1. The van der Waals surface area contributed by atoms with Gasteiger partial charge in [0.05, 0.1) is 25.0 Å². The number of methoxy groups -OCH3 is 1. The predicted molar refractivity (Wildman–Crippen MR) is 89.1 cm³/mol. The van der Waals surface area contributed by atoms with Crippen molar-refractivity contribution in [1.82, 2.24) is 20.6 Å². The number of carbonyl (C=O) groups is 1. The van der Waals surface area contributed by atoms with E-state index < -0.39 is 0 Å². The minimum Gasteiger partial charge on any atom is -0.497 e. The molecule has 0 aliphatic rings. The molecule has 6 nitrogen and oxygen atoms in total. The second kappa shape index (κ2) is 7.09. The SMILES string of the molecule is COc1ccc(-c2cc(CNC(=O)NC(C)(C)C)ncn2)cc1. The average molecular weight is 314 g/mol. The molecular formula is C17H22N4O2. The van der Waals surface area contributed by atoms with Crippen LogP contribution in [0.5, 0.6) is 5.75 Å². The predicted octanol–water partition coefficient (Wildman–Crippen LogP) is 2.75. The number of ether oxygens (including phenoxy) is 1. The third-order valence-corrected chi connectivity index (χ3v) is 3.03. The molecule has 2 amide bonds. The molecule has 0 saturated heterocycles. The molecular weight excluding hydrogens is 292 g/mol. The standard InChI is InChI=1S/C17H22N4O2/c1-17(2,3)21-16(22)18-10-13-9-15(20-11-19-13)12-5-7-14(23-4)8-6-12/h5-9,11H,10H2,1-4H3,(H2,18,21,22). The van der Waals surface area contributed by atoms with Gasteiger partial charge in [0, 0.05) is 11.1 Å². The topological polar surface area (TPSA) is 76.1 Å². The number of amides is 2. The minimum atomic E-state index is -0.274. The van der Waals surface area contributed by atoms with E-state index in [1.54, 1.807) is 7.11 Å². The van der Waals surface area contributed by atoms with E-state index in [1.807, 2.05) is 51.1 Å². The Kier molecular flexibility index (Phi) is 5.16. The third kappa shape index (κ3) is 5.25. The van der Waals surface area contributed by atoms with E-state index in [0.717, 1.165) is 22.7 Å². The second-order valence-corrected chi connectivity index (χ2v) is 6.18. The third-order valence-electron chi connectivity index (χ3n) is 3.03. The van der Waals surface area contributed by atoms with Crippen LogP contribution in [0.15, 0.2) is 36.7 Å². The Morgan fingerprint density at radius 1 is 1.17 bits per heavy atom. The molecule has 1 heterocycles. The summed E-state index contributed by atoms with van der Waals surface area (Å²) in [6, 6.07) is 9.27. The summed E-state index contributed by atoms with van der Waals surface area (Å²) < 4.78 is 5.15. The van der Waals surface area contributed by atoms with E-state index >= 15 is 0 Å². The van der Waals surface area contributed by atoms with Crippen molar-refractivity contribution in [3.05, 3.63) is 42.4 Å². The van der Waals surface area contributed by atoms with E-state index in [4.69, 9.17) is 4.74 Å². The van der Waals surface area contributed by atoms with Crippen LogP contribution >= 0.6 is 0 Å². The van der Waals surface area contributed by atoms with Gasteiger partial charge in [-0.1, -0.05) is 0 Å². The normalized spacial score (nSPS) is 11.0. The maximum absolute atomic E-state index is 11.8. The molecule has 0 bridgehead atoms. The van der Waals surface area contributed by atoms with Gasteiger partial charge in [0.15, 0.2) is 0 Å². The summed E-state index contributed by atoms with van der Waals surface area (Å²) in [6.45, 7) is 6.13. The Labute approximate surface area is 136 Å². The molecule has 2 aromatic rings. The first-order valence-corrected chi connectivity index (χ1v) is 7.39. The summed E-state index contributed by atoms with van der Waals surface area (Å²) in [5.74, 6) is 0.795. The fourth-order valence-corrected chi connectivity index (χ4v) is 1.97. The van der Waals surface area contributed by atoms with Crippen molar-refractivity contribution in [2.45, 2.75) is 32.9 Å². The number of hydrogen-bond donors (Lipinski definition) is 2. The van der Waals surface area contributed by atoms with Crippen molar-refractivity contribution < 1.29 is 9.53 Å². The van der Waals surface area contributed by atoms with Crippen LogP contribution in [0.1, 0.15) is 26.5 Å². The van der Waals surface area contributed by atoms with Crippen LogP contribution in [-0.4, -0.2) is 28.6 Å². The lowest BCUT2D eigenvalue weighted by Crippen LogP contribution is -2.46. The van der Waals surface area contributed by atoms with Crippen molar-refractivity contribution in [1.29, 1.82) is 0 Å². The molecule has 0 fully saturated rings. The molecule has 0 radical (unpaired) electrons. The van der Waals surface area contributed by atoms with E-state index in [2.05, 4.69) is 20.6 Å². The highest BCUT2D eigenvalue weighted by molar-refractivity contribution is 5.74. The quantitative estimate of drug-likeness (QED) is 0.910. The van der Waals surface area contributed by atoms with Crippen molar-refractivity contribution in [2.75, 3.05) is 7.11 Å². The zero-order chi connectivity index (χ0) is 16.9. The number of nitrogens with one attached hydrogen (secondary N) is 2. The van der Waals surface area contributed by atoms with E-state index in [-0.39, 0.29) is 11.6 Å². The molecule has 2 rings (SSSR count). The highest BCUT2D eigenvalue weighted by Gasteiger charge is 2.13. The smallest absolute Gasteiger partial charge is 0.315 e. The van der Waals surface area contributed by atoms with E-state index in [9.17, 15) is 4.79 Å². The van der Waals surface area contributed by atoms with Gasteiger partial charge in [-0.05, 0) is 51.1 Å². The van der Waals surface area contributed by atoms with Gasteiger partial charge >= 0.3 is 6.03 Å². The largest absolute Gasteiger partial charge is 0.497 e. The van der Waals surface area contributed by atoms with Gasteiger partial charge in [-0.15, -0.1) is 0 Å². The lowest BCUT2D eigenvalue weighted by atomic mass is 10.1. The van der Waals surface area contributed by atoms with Crippen molar-refractivity contribution >= 4 is 6.03 Å². The molecule has 0 saturated carbocycles. The van der Waals surface area contributed by atoms with Gasteiger partial charge in [0.1, 0.15) is 12.1 Å². The van der Waals surface area contributed by atoms with Gasteiger partial charge in [-0.25, -0.2) is 14.8 Å². The van der Waals surface area contributed by atoms with E-state index in [0.29, 0.717) is 6.54 Å². The number of hydrogen-bond acceptors (Lipinski definition) is 4. The summed E-state index contributed by atoms with van der Waals surface area (Å²) in [7, 11) is 1.63. The van der Waals surface area contributed by atoms with Crippen molar-refractivity contribution in [2.24, 2.45) is 0 Å². The van der Waals surface area contributed by atoms with Crippen LogP contribution in [0.2, 0.25) is 0 Å². The molecule has 122 valence electrons. The number of aromatic nitrogens is 2. The fraction of sp³-hybridized carbons (Fsp3) is 0.353. The number of urea groups is 1. The van der Waals surface area contributed by atoms with E-state index in [1.165, 1.54) is 6.33 Å². The summed E-state index contributed by atoms with van der Waals surface area (Å²) in [5, 5.41) is 5.63. The van der Waals surface area contributed by atoms with Gasteiger partial charge in [0.25, 0.3) is 0 Å². The van der Waals surface area contributed by atoms with Crippen molar-refractivity contribution in [3.8, 4) is 17.0 Å². The molecule has 0 spiro atoms. The molecule has 0 unspecified atom stereocenters. The zero-order valence-electron chi connectivity index (χ0n) is 13.9. The molecule has 2 N–H and O–H groups in total. The molecule has 0 atom stereocenters. The Balaban J connectivity index is 2.03. The van der Waals surface area contributed by atoms with Crippen LogP contribution in [0.25, 0.3) is 11.3 Å². The van der Waals surface area contributed by atoms with Crippen LogP contribution in [0, 0.1) is 0 Å². The fourth-order valence-electron chi connectivity index (χ4n) is 1.97. The van der Waals surface area contributed by atoms with Crippen LogP contribution in [0.4, 0.5) is 4.79 Å². The molecule has 1 aromatic carbocycles. The first-order valence-electron chi connectivity index (χ1n) is 7.39. The highest BCUT2D eigenvalue weighted by atomic mass is 16.5. The number of rotatable bonds is 4.